The van der Waals surface area contributed by atoms with Crippen LogP contribution in [0.25, 0.3) is 0 Å². The molecule has 1 aromatic carbocycles. The van der Waals surface area contributed by atoms with E-state index < -0.39 is 0 Å². The Balaban J connectivity index is 2.08. The lowest BCUT2D eigenvalue weighted by atomic mass is 10.1. The second-order valence-electron chi connectivity index (χ2n) is 4.10. The van der Waals surface area contributed by atoms with Gasteiger partial charge in [0.15, 0.2) is 0 Å². The number of hydrogen-bond acceptors (Lipinski definition) is 2. The Hall–Kier alpha value is -1.35. The van der Waals surface area contributed by atoms with Gasteiger partial charge in [-0.1, -0.05) is 24.3 Å². The summed E-state index contributed by atoms with van der Waals surface area (Å²) in [6.07, 6.45) is 1.83. The summed E-state index contributed by atoms with van der Waals surface area (Å²) in [6, 6.07) is 10.4. The number of rotatable bonds is 3. The topological polar surface area (TPSA) is 24.9 Å². The van der Waals surface area contributed by atoms with Gasteiger partial charge in [-0.2, -0.15) is 0 Å². The maximum absolute atomic E-state index is 4.33. The molecule has 0 spiro atoms. The van der Waals surface area contributed by atoms with Gasteiger partial charge in [0.05, 0.1) is 0 Å². The monoisotopic (exact) mass is 290 g/mol. The van der Waals surface area contributed by atoms with Gasteiger partial charge in [-0.15, -0.1) is 0 Å². The average molecular weight is 291 g/mol. The first-order valence-electron chi connectivity index (χ1n) is 5.57. The Morgan fingerprint density at radius 1 is 1.18 bits per heavy atom. The van der Waals surface area contributed by atoms with Crippen molar-refractivity contribution in [3.05, 3.63) is 57.7 Å². The highest BCUT2D eigenvalue weighted by Gasteiger charge is 2.00. The predicted molar refractivity (Wildman–Crippen MR) is 75.2 cm³/mol. The van der Waals surface area contributed by atoms with Crippen molar-refractivity contribution < 1.29 is 0 Å². The molecule has 0 bridgehead atoms. The molecule has 1 N–H and O–H groups in total. The summed E-state index contributed by atoms with van der Waals surface area (Å²) < 4.78 is 1.04. The quantitative estimate of drug-likeness (QED) is 0.922. The third kappa shape index (κ3) is 3.07. The van der Waals surface area contributed by atoms with Gasteiger partial charge >= 0.3 is 0 Å². The fraction of sp³-hybridized carbons (Fsp3) is 0.214. The molecule has 3 heteroatoms. The summed E-state index contributed by atoms with van der Waals surface area (Å²) in [5.74, 6) is 0.911. The number of hydrogen-bond donors (Lipinski definition) is 1. The molecule has 2 nitrogen and oxygen atoms in total. The lowest BCUT2D eigenvalue weighted by Gasteiger charge is -2.09. The van der Waals surface area contributed by atoms with Gasteiger partial charge in [-0.05, 0) is 52.5 Å². The standard InChI is InChI=1S/C14H15BrN2/c1-10-5-3-4-6-12(10)8-16-14-7-11(2)13(15)9-17-14/h3-7,9H,8H2,1-2H3,(H,16,17). The smallest absolute Gasteiger partial charge is 0.126 e. The minimum Gasteiger partial charge on any atom is -0.366 e. The molecular formula is C14H15BrN2. The van der Waals surface area contributed by atoms with Crippen LogP contribution in [-0.4, -0.2) is 4.98 Å². The summed E-state index contributed by atoms with van der Waals surface area (Å²) >= 11 is 3.45. The number of anilines is 1. The third-order valence-electron chi connectivity index (χ3n) is 2.77. The number of benzene rings is 1. The van der Waals surface area contributed by atoms with Crippen molar-refractivity contribution in [3.63, 3.8) is 0 Å². The van der Waals surface area contributed by atoms with E-state index in [0.29, 0.717) is 0 Å². The van der Waals surface area contributed by atoms with Crippen molar-refractivity contribution >= 4 is 21.7 Å². The largest absolute Gasteiger partial charge is 0.366 e. The van der Waals surface area contributed by atoms with Gasteiger partial charge in [0.25, 0.3) is 0 Å². The molecule has 1 aromatic heterocycles. The second kappa shape index (κ2) is 5.32. The van der Waals surface area contributed by atoms with Crippen molar-refractivity contribution in [2.45, 2.75) is 20.4 Å². The Labute approximate surface area is 110 Å². The van der Waals surface area contributed by atoms with Crippen LogP contribution >= 0.6 is 15.9 Å². The summed E-state index contributed by atoms with van der Waals surface area (Å²) in [5.41, 5.74) is 3.79. The Morgan fingerprint density at radius 2 is 1.94 bits per heavy atom. The maximum Gasteiger partial charge on any atom is 0.126 e. The van der Waals surface area contributed by atoms with Crippen LogP contribution in [0.4, 0.5) is 5.82 Å². The van der Waals surface area contributed by atoms with Gasteiger partial charge in [0.2, 0.25) is 0 Å². The van der Waals surface area contributed by atoms with Gasteiger partial charge in [-0.3, -0.25) is 0 Å². The summed E-state index contributed by atoms with van der Waals surface area (Å²) in [7, 11) is 0. The molecule has 1 heterocycles. The molecule has 0 saturated heterocycles. The molecule has 0 amide bonds. The molecule has 0 unspecified atom stereocenters. The zero-order chi connectivity index (χ0) is 12.3. The van der Waals surface area contributed by atoms with E-state index >= 15 is 0 Å². The molecule has 2 aromatic rings. The highest BCUT2D eigenvalue weighted by Crippen LogP contribution is 2.18. The Bertz CT molecular complexity index is 523. The van der Waals surface area contributed by atoms with Crippen LogP contribution in [-0.2, 0) is 6.54 Å². The van der Waals surface area contributed by atoms with Gasteiger partial charge in [0, 0.05) is 17.2 Å². The maximum atomic E-state index is 4.33. The van der Waals surface area contributed by atoms with E-state index in [-0.39, 0.29) is 0 Å². The molecule has 0 radical (unpaired) electrons. The SMILES string of the molecule is Cc1cc(NCc2ccccc2C)ncc1Br. The molecule has 2 rings (SSSR count). The Kier molecular flexibility index (Phi) is 3.79. The molecule has 88 valence electrons. The first-order chi connectivity index (χ1) is 8.16. The number of aryl methyl sites for hydroxylation is 2. The summed E-state index contributed by atoms with van der Waals surface area (Å²) in [4.78, 5) is 4.33. The number of nitrogens with zero attached hydrogens (tertiary/aromatic N) is 1. The van der Waals surface area contributed by atoms with Crippen molar-refractivity contribution in [2.75, 3.05) is 5.32 Å². The van der Waals surface area contributed by atoms with Crippen LogP contribution in [0.2, 0.25) is 0 Å². The van der Waals surface area contributed by atoms with Gasteiger partial charge < -0.3 is 5.32 Å². The Morgan fingerprint density at radius 3 is 2.65 bits per heavy atom. The highest BCUT2D eigenvalue weighted by atomic mass is 79.9. The number of pyridine rings is 1. The normalized spacial score (nSPS) is 10.3. The molecule has 0 saturated carbocycles. The molecular weight excluding hydrogens is 276 g/mol. The van der Waals surface area contributed by atoms with Crippen LogP contribution < -0.4 is 5.32 Å². The van der Waals surface area contributed by atoms with Crippen LogP contribution in [0, 0.1) is 13.8 Å². The number of nitrogens with one attached hydrogen (secondary N) is 1. The van der Waals surface area contributed by atoms with E-state index in [1.165, 1.54) is 16.7 Å². The fourth-order valence-corrected chi connectivity index (χ4v) is 1.85. The van der Waals surface area contributed by atoms with E-state index in [1.807, 2.05) is 12.3 Å². The molecule has 0 aliphatic heterocycles. The van der Waals surface area contributed by atoms with E-state index in [0.717, 1.165) is 16.8 Å². The molecule has 0 fully saturated rings. The highest BCUT2D eigenvalue weighted by molar-refractivity contribution is 9.10. The van der Waals surface area contributed by atoms with Crippen molar-refractivity contribution in [2.24, 2.45) is 0 Å². The summed E-state index contributed by atoms with van der Waals surface area (Å²) in [6.45, 7) is 4.99. The summed E-state index contributed by atoms with van der Waals surface area (Å²) in [5, 5.41) is 3.34. The predicted octanol–water partition coefficient (Wildman–Crippen LogP) is 4.07. The molecule has 0 aliphatic carbocycles. The number of halogens is 1. The lowest BCUT2D eigenvalue weighted by molar-refractivity contribution is 1.08. The fourth-order valence-electron chi connectivity index (χ4n) is 1.63. The lowest BCUT2D eigenvalue weighted by Crippen LogP contribution is -2.03. The minimum absolute atomic E-state index is 0.806. The van der Waals surface area contributed by atoms with E-state index in [1.54, 1.807) is 0 Å². The zero-order valence-corrected chi connectivity index (χ0v) is 11.6. The van der Waals surface area contributed by atoms with E-state index in [9.17, 15) is 0 Å². The van der Waals surface area contributed by atoms with Crippen LogP contribution in [0.5, 0.6) is 0 Å². The molecule has 17 heavy (non-hydrogen) atoms. The van der Waals surface area contributed by atoms with E-state index in [2.05, 4.69) is 64.3 Å². The van der Waals surface area contributed by atoms with Crippen LogP contribution in [0.3, 0.4) is 0 Å². The zero-order valence-electron chi connectivity index (χ0n) is 10.00. The molecule has 0 atom stereocenters. The average Bonchev–Trinajstić information content (AvgIpc) is 2.32. The second-order valence-corrected chi connectivity index (χ2v) is 4.95. The third-order valence-corrected chi connectivity index (χ3v) is 3.60. The minimum atomic E-state index is 0.806. The number of aromatic nitrogens is 1. The first kappa shape index (κ1) is 12.1. The van der Waals surface area contributed by atoms with Crippen molar-refractivity contribution in [3.8, 4) is 0 Å². The van der Waals surface area contributed by atoms with E-state index in [4.69, 9.17) is 0 Å². The van der Waals surface area contributed by atoms with Crippen molar-refractivity contribution in [1.82, 2.24) is 4.98 Å². The van der Waals surface area contributed by atoms with Crippen molar-refractivity contribution in [1.29, 1.82) is 0 Å². The first-order valence-corrected chi connectivity index (χ1v) is 6.36. The van der Waals surface area contributed by atoms with Crippen LogP contribution in [0.1, 0.15) is 16.7 Å². The van der Waals surface area contributed by atoms with Crippen LogP contribution in [0.15, 0.2) is 41.0 Å². The molecule has 0 aliphatic rings. The van der Waals surface area contributed by atoms with Gasteiger partial charge in [-0.25, -0.2) is 4.98 Å². The van der Waals surface area contributed by atoms with Gasteiger partial charge in [0.1, 0.15) is 5.82 Å².